The lowest BCUT2D eigenvalue weighted by Crippen LogP contribution is -2.46. The van der Waals surface area contributed by atoms with Gasteiger partial charge in [-0.1, -0.05) is 23.2 Å². The predicted octanol–water partition coefficient (Wildman–Crippen LogP) is 2.16. The van der Waals surface area contributed by atoms with Gasteiger partial charge in [0.15, 0.2) is 5.78 Å². The normalized spacial score (nSPS) is 20.8. The number of halogens is 2. The molecule has 1 aliphatic heterocycles. The second-order valence-electron chi connectivity index (χ2n) is 3.57. The van der Waals surface area contributed by atoms with E-state index in [9.17, 15) is 4.79 Å². The fourth-order valence-electron chi connectivity index (χ4n) is 1.61. The van der Waals surface area contributed by atoms with Crippen LogP contribution in [0.5, 0.6) is 0 Å². The average molecular weight is 260 g/mol. The number of nitrogens with one attached hydrogen (secondary N) is 1. The Balaban J connectivity index is 2.22. The summed E-state index contributed by atoms with van der Waals surface area (Å²) in [4.78, 5) is 12.1. The molecule has 1 aliphatic rings. The SMILES string of the molecule is O=C(c1cc(Cl)ccc1Cl)C1COCCN1. The van der Waals surface area contributed by atoms with Gasteiger partial charge in [0.2, 0.25) is 0 Å². The first-order valence-corrected chi connectivity index (χ1v) is 5.74. The molecule has 0 radical (unpaired) electrons. The monoisotopic (exact) mass is 259 g/mol. The number of hydrogen-bond acceptors (Lipinski definition) is 3. The minimum absolute atomic E-state index is 0.0767. The van der Waals surface area contributed by atoms with Crippen LogP contribution in [-0.2, 0) is 4.74 Å². The average Bonchev–Trinajstić information content (AvgIpc) is 2.32. The lowest BCUT2D eigenvalue weighted by Gasteiger charge is -2.22. The quantitative estimate of drug-likeness (QED) is 0.828. The maximum absolute atomic E-state index is 12.1. The molecule has 0 spiro atoms. The largest absolute Gasteiger partial charge is 0.378 e. The van der Waals surface area contributed by atoms with Crippen molar-refractivity contribution in [3.63, 3.8) is 0 Å². The van der Waals surface area contributed by atoms with Crippen LogP contribution in [-0.4, -0.2) is 31.6 Å². The van der Waals surface area contributed by atoms with Gasteiger partial charge in [0.05, 0.1) is 24.3 Å². The van der Waals surface area contributed by atoms with Crippen molar-refractivity contribution in [2.24, 2.45) is 0 Å². The molecule has 3 nitrogen and oxygen atoms in total. The zero-order valence-corrected chi connectivity index (χ0v) is 10.0. The smallest absolute Gasteiger partial charge is 0.183 e. The number of Topliss-reactive ketones (excluding diaryl/α,β-unsaturated/α-hetero) is 1. The maximum Gasteiger partial charge on any atom is 0.183 e. The molecule has 1 N–H and O–H groups in total. The van der Waals surface area contributed by atoms with E-state index in [-0.39, 0.29) is 11.8 Å². The van der Waals surface area contributed by atoms with Crippen LogP contribution in [0.3, 0.4) is 0 Å². The Labute approximate surface area is 104 Å². The van der Waals surface area contributed by atoms with Crippen LogP contribution < -0.4 is 5.32 Å². The van der Waals surface area contributed by atoms with Crippen molar-refractivity contribution in [1.82, 2.24) is 5.32 Å². The number of carbonyl (C=O) groups excluding carboxylic acids is 1. The second kappa shape index (κ2) is 5.15. The Morgan fingerprint density at radius 2 is 2.25 bits per heavy atom. The molecule has 2 rings (SSSR count). The van der Waals surface area contributed by atoms with Crippen LogP contribution in [0.25, 0.3) is 0 Å². The summed E-state index contributed by atoms with van der Waals surface area (Å²) in [6.45, 7) is 1.68. The fraction of sp³-hybridized carbons (Fsp3) is 0.364. The van der Waals surface area contributed by atoms with Crippen LogP contribution in [0.15, 0.2) is 18.2 Å². The van der Waals surface area contributed by atoms with Gasteiger partial charge < -0.3 is 10.1 Å². The van der Waals surface area contributed by atoms with Crippen molar-refractivity contribution in [3.8, 4) is 0 Å². The van der Waals surface area contributed by atoms with E-state index in [4.69, 9.17) is 27.9 Å². The summed E-state index contributed by atoms with van der Waals surface area (Å²) < 4.78 is 5.24. The summed E-state index contributed by atoms with van der Waals surface area (Å²) in [5, 5.41) is 4.01. The summed E-state index contributed by atoms with van der Waals surface area (Å²) in [5.41, 5.74) is 0.442. The van der Waals surface area contributed by atoms with Gasteiger partial charge >= 0.3 is 0 Å². The van der Waals surface area contributed by atoms with Crippen LogP contribution in [0.1, 0.15) is 10.4 Å². The standard InChI is InChI=1S/C11H11Cl2NO2/c12-7-1-2-9(13)8(5-7)11(15)10-6-16-4-3-14-10/h1-2,5,10,14H,3-4,6H2. The van der Waals surface area contributed by atoms with E-state index in [1.165, 1.54) is 0 Å². The molecule has 0 saturated carbocycles. The number of carbonyl (C=O) groups is 1. The van der Waals surface area contributed by atoms with Gasteiger partial charge in [0, 0.05) is 17.1 Å². The summed E-state index contributed by atoms with van der Waals surface area (Å²) >= 11 is 11.8. The molecule has 0 aromatic heterocycles. The zero-order chi connectivity index (χ0) is 11.5. The van der Waals surface area contributed by atoms with Gasteiger partial charge in [-0.2, -0.15) is 0 Å². The van der Waals surface area contributed by atoms with Gasteiger partial charge in [0.25, 0.3) is 0 Å². The molecule has 1 atom stereocenters. The van der Waals surface area contributed by atoms with E-state index in [2.05, 4.69) is 5.32 Å². The van der Waals surface area contributed by atoms with Crippen molar-refractivity contribution >= 4 is 29.0 Å². The van der Waals surface area contributed by atoms with E-state index in [1.54, 1.807) is 18.2 Å². The van der Waals surface area contributed by atoms with Crippen molar-refractivity contribution in [3.05, 3.63) is 33.8 Å². The predicted molar refractivity (Wildman–Crippen MR) is 63.4 cm³/mol. The Morgan fingerprint density at radius 3 is 2.94 bits per heavy atom. The lowest BCUT2D eigenvalue weighted by molar-refractivity contribution is 0.0608. The van der Waals surface area contributed by atoms with Crippen LogP contribution in [0.2, 0.25) is 10.0 Å². The summed E-state index contributed by atoms with van der Waals surface area (Å²) in [7, 11) is 0. The number of morpholine rings is 1. The minimum Gasteiger partial charge on any atom is -0.378 e. The third-order valence-corrected chi connectivity index (χ3v) is 3.00. The molecule has 1 heterocycles. The fourth-order valence-corrected chi connectivity index (χ4v) is 1.99. The highest BCUT2D eigenvalue weighted by atomic mass is 35.5. The van der Waals surface area contributed by atoms with Gasteiger partial charge in [-0.05, 0) is 18.2 Å². The third-order valence-electron chi connectivity index (χ3n) is 2.43. The van der Waals surface area contributed by atoms with E-state index < -0.39 is 0 Å². The van der Waals surface area contributed by atoms with Gasteiger partial charge in [0.1, 0.15) is 0 Å². The molecule has 86 valence electrons. The molecular weight excluding hydrogens is 249 g/mol. The molecule has 0 aliphatic carbocycles. The number of ketones is 1. The summed E-state index contributed by atoms with van der Waals surface area (Å²) in [5.74, 6) is -0.0767. The van der Waals surface area contributed by atoms with E-state index in [0.29, 0.717) is 35.4 Å². The number of hydrogen-bond donors (Lipinski definition) is 1. The Kier molecular flexibility index (Phi) is 3.82. The first-order chi connectivity index (χ1) is 7.68. The highest BCUT2D eigenvalue weighted by molar-refractivity contribution is 6.36. The Hall–Kier alpha value is -0.610. The number of ether oxygens (including phenoxy) is 1. The highest BCUT2D eigenvalue weighted by Gasteiger charge is 2.24. The molecular formula is C11H11Cl2NO2. The van der Waals surface area contributed by atoms with Crippen LogP contribution in [0, 0.1) is 0 Å². The van der Waals surface area contributed by atoms with Crippen molar-refractivity contribution in [2.75, 3.05) is 19.8 Å². The summed E-state index contributed by atoms with van der Waals surface area (Å²) in [6.07, 6.45) is 0. The molecule has 1 fully saturated rings. The topological polar surface area (TPSA) is 38.3 Å². The highest BCUT2D eigenvalue weighted by Crippen LogP contribution is 2.22. The number of rotatable bonds is 2. The second-order valence-corrected chi connectivity index (χ2v) is 4.41. The Bertz CT molecular complexity index is 403. The summed E-state index contributed by atoms with van der Waals surface area (Å²) in [6, 6.07) is 4.54. The van der Waals surface area contributed by atoms with Gasteiger partial charge in [-0.3, -0.25) is 4.79 Å². The molecule has 16 heavy (non-hydrogen) atoms. The third kappa shape index (κ3) is 2.55. The number of benzene rings is 1. The molecule has 1 unspecified atom stereocenters. The van der Waals surface area contributed by atoms with Crippen molar-refractivity contribution in [2.45, 2.75) is 6.04 Å². The molecule has 0 bridgehead atoms. The molecule has 1 aromatic carbocycles. The molecule has 1 saturated heterocycles. The van der Waals surface area contributed by atoms with Gasteiger partial charge in [-0.25, -0.2) is 0 Å². The molecule has 5 heteroatoms. The first kappa shape index (κ1) is 11.9. The molecule has 1 aromatic rings. The van der Waals surface area contributed by atoms with Crippen LogP contribution in [0.4, 0.5) is 0 Å². The van der Waals surface area contributed by atoms with Crippen LogP contribution >= 0.6 is 23.2 Å². The maximum atomic E-state index is 12.1. The Morgan fingerprint density at radius 1 is 1.44 bits per heavy atom. The minimum atomic E-state index is -0.329. The lowest BCUT2D eigenvalue weighted by atomic mass is 10.0. The van der Waals surface area contributed by atoms with Gasteiger partial charge in [-0.15, -0.1) is 0 Å². The first-order valence-electron chi connectivity index (χ1n) is 4.99. The van der Waals surface area contributed by atoms with E-state index in [0.717, 1.165) is 0 Å². The van der Waals surface area contributed by atoms with E-state index in [1.807, 2.05) is 0 Å². The zero-order valence-electron chi connectivity index (χ0n) is 8.50. The van der Waals surface area contributed by atoms with E-state index >= 15 is 0 Å². The molecule has 0 amide bonds. The van der Waals surface area contributed by atoms with Crippen molar-refractivity contribution < 1.29 is 9.53 Å². The van der Waals surface area contributed by atoms with Crippen molar-refractivity contribution in [1.29, 1.82) is 0 Å².